The summed E-state index contributed by atoms with van der Waals surface area (Å²) in [6.45, 7) is 7.94. The lowest BCUT2D eigenvalue weighted by Crippen LogP contribution is -2.10. The highest BCUT2D eigenvalue weighted by Crippen LogP contribution is 2.29. The van der Waals surface area contributed by atoms with Gasteiger partial charge in [-0.2, -0.15) is 5.10 Å². The zero-order valence-corrected chi connectivity index (χ0v) is 16.7. The average Bonchev–Trinajstić information content (AvgIpc) is 3.09. The molecule has 142 valence electrons. The van der Waals surface area contributed by atoms with Gasteiger partial charge in [-0.05, 0) is 31.4 Å². The minimum absolute atomic E-state index is 0.155. The van der Waals surface area contributed by atoms with Gasteiger partial charge in [-0.25, -0.2) is 18.7 Å². The molecule has 0 amide bonds. The monoisotopic (exact) mass is 395 g/mol. The highest BCUT2D eigenvalue weighted by Gasteiger charge is 2.18. The fourth-order valence-corrected chi connectivity index (χ4v) is 3.22. The predicted octanol–water partition coefficient (Wildman–Crippen LogP) is 3.21. The highest BCUT2D eigenvalue weighted by atomic mass is 32.2. The van der Waals surface area contributed by atoms with E-state index in [1.165, 1.54) is 17.8 Å². The molecule has 0 N–H and O–H groups in total. The van der Waals surface area contributed by atoms with Crippen molar-refractivity contribution in [2.75, 3.05) is 6.61 Å². The number of hydrogen-bond acceptors (Lipinski definition) is 5. The van der Waals surface area contributed by atoms with Crippen molar-refractivity contribution in [3.8, 4) is 11.3 Å². The van der Waals surface area contributed by atoms with Gasteiger partial charge >= 0.3 is 5.97 Å². The van der Waals surface area contributed by atoms with E-state index in [4.69, 9.17) is 4.74 Å². The van der Waals surface area contributed by atoms with Gasteiger partial charge in [0.05, 0.1) is 18.0 Å². The van der Waals surface area contributed by atoms with Gasteiger partial charge in [0, 0.05) is 16.5 Å². The second-order valence-corrected chi connectivity index (χ2v) is 7.04. The molecule has 0 spiro atoms. The molecule has 0 unspecified atom stereocenters. The normalized spacial score (nSPS) is 11.2. The van der Waals surface area contributed by atoms with Crippen LogP contribution in [0.3, 0.4) is 0 Å². The molecule has 2 heterocycles. The third kappa shape index (κ3) is 4.01. The maximum atomic E-state index is 14.4. The first-order chi connectivity index (χ1) is 13.4. The van der Waals surface area contributed by atoms with E-state index < -0.39 is 5.97 Å². The number of carbonyl (C=O) groups excluding carboxylic acids is 1. The van der Waals surface area contributed by atoms with Crippen molar-refractivity contribution in [2.24, 2.45) is 0 Å². The SMILES string of the molecule is Bc1ccc(-c2cc3nc(C(=O)OCC)cc(C(=C)S/C=C\C)n3n2)c(F)c1. The van der Waals surface area contributed by atoms with E-state index in [0.717, 1.165) is 5.46 Å². The van der Waals surface area contributed by atoms with E-state index in [1.54, 1.807) is 29.6 Å². The smallest absolute Gasteiger partial charge is 0.357 e. The molecule has 3 rings (SSSR count). The molecule has 5 nitrogen and oxygen atoms in total. The molecule has 0 aliphatic heterocycles. The summed E-state index contributed by atoms with van der Waals surface area (Å²) >= 11 is 1.40. The number of esters is 1. The Hall–Kier alpha value is -2.87. The minimum atomic E-state index is -0.528. The van der Waals surface area contributed by atoms with Crippen LogP contribution in [0.2, 0.25) is 0 Å². The molecule has 28 heavy (non-hydrogen) atoms. The van der Waals surface area contributed by atoms with E-state index in [1.807, 2.05) is 32.3 Å². The number of carbonyl (C=O) groups is 1. The molecular weight excluding hydrogens is 376 g/mol. The van der Waals surface area contributed by atoms with E-state index in [2.05, 4.69) is 16.7 Å². The average molecular weight is 395 g/mol. The zero-order valence-electron chi connectivity index (χ0n) is 15.9. The molecule has 0 radical (unpaired) electrons. The molecule has 0 aliphatic carbocycles. The topological polar surface area (TPSA) is 56.5 Å². The Morgan fingerprint density at radius 1 is 1.39 bits per heavy atom. The van der Waals surface area contributed by atoms with Gasteiger partial charge in [0.1, 0.15) is 13.7 Å². The number of benzene rings is 1. The van der Waals surface area contributed by atoms with Crippen LogP contribution in [-0.4, -0.2) is 35.0 Å². The van der Waals surface area contributed by atoms with Crippen molar-refractivity contribution in [2.45, 2.75) is 13.8 Å². The van der Waals surface area contributed by atoms with E-state index in [-0.39, 0.29) is 18.1 Å². The number of nitrogens with zero attached hydrogens (tertiary/aromatic N) is 3. The Balaban J connectivity index is 2.18. The summed E-state index contributed by atoms with van der Waals surface area (Å²) in [6.07, 6.45) is 1.89. The lowest BCUT2D eigenvalue weighted by atomic mass is 9.94. The Morgan fingerprint density at radius 2 is 2.18 bits per heavy atom. The van der Waals surface area contributed by atoms with E-state index in [0.29, 0.717) is 27.5 Å². The maximum Gasteiger partial charge on any atom is 0.357 e. The first kappa shape index (κ1) is 19.9. The van der Waals surface area contributed by atoms with Gasteiger partial charge in [0.25, 0.3) is 0 Å². The Bertz CT molecular complexity index is 1090. The quantitative estimate of drug-likeness (QED) is 0.474. The van der Waals surface area contributed by atoms with Crippen molar-refractivity contribution < 1.29 is 13.9 Å². The molecular formula is C20H19BFN3O2S. The highest BCUT2D eigenvalue weighted by molar-refractivity contribution is 8.10. The molecule has 3 aromatic rings. The number of thioether (sulfide) groups is 1. The fourth-order valence-electron chi connectivity index (χ4n) is 2.65. The largest absolute Gasteiger partial charge is 0.461 e. The summed E-state index contributed by atoms with van der Waals surface area (Å²) in [7, 11) is 1.82. The number of rotatable bonds is 6. The van der Waals surface area contributed by atoms with Crippen LogP contribution in [0, 0.1) is 5.82 Å². The molecule has 2 aromatic heterocycles. The van der Waals surface area contributed by atoms with Crippen molar-refractivity contribution in [1.29, 1.82) is 0 Å². The predicted molar refractivity (Wildman–Crippen MR) is 114 cm³/mol. The standard InChI is InChI=1S/C20H19BFN3O2S/c1-4-8-28-12(3)18-10-17(20(26)27-5-2)23-19-11-16(24-25(18)19)14-7-6-13(21)9-15(14)22/h4,6-11H,3,5,21H2,1-2H3/b8-4-. The number of halogens is 1. The first-order valence-corrected chi connectivity index (χ1v) is 9.64. The van der Waals surface area contributed by atoms with E-state index in [9.17, 15) is 9.18 Å². The maximum absolute atomic E-state index is 14.4. The van der Waals surface area contributed by atoms with Crippen LogP contribution in [0.4, 0.5) is 4.39 Å². The summed E-state index contributed by atoms with van der Waals surface area (Å²) in [6, 6.07) is 8.20. The van der Waals surface area contributed by atoms with Crippen molar-refractivity contribution in [3.63, 3.8) is 0 Å². The molecule has 1 aromatic carbocycles. The fraction of sp³-hybridized carbons (Fsp3) is 0.150. The minimum Gasteiger partial charge on any atom is -0.461 e. The lowest BCUT2D eigenvalue weighted by molar-refractivity contribution is 0.0519. The summed E-state index contributed by atoms with van der Waals surface area (Å²) in [5.41, 5.74) is 2.78. The number of hydrogen-bond donors (Lipinski definition) is 0. The van der Waals surface area contributed by atoms with Crippen molar-refractivity contribution in [3.05, 3.63) is 65.6 Å². The van der Waals surface area contributed by atoms with Crippen LogP contribution in [0.25, 0.3) is 21.8 Å². The Labute approximate surface area is 167 Å². The molecule has 0 atom stereocenters. The van der Waals surface area contributed by atoms with Crippen LogP contribution >= 0.6 is 11.8 Å². The van der Waals surface area contributed by atoms with Crippen molar-refractivity contribution in [1.82, 2.24) is 14.6 Å². The lowest BCUT2D eigenvalue weighted by Gasteiger charge is -2.08. The molecule has 0 saturated carbocycles. The van der Waals surface area contributed by atoms with Gasteiger partial charge in [-0.1, -0.05) is 42.0 Å². The Kier molecular flexibility index (Phi) is 5.99. The number of allylic oxidation sites excluding steroid dienone is 1. The van der Waals surface area contributed by atoms with Gasteiger partial charge in [-0.15, -0.1) is 0 Å². The molecule has 0 bridgehead atoms. The van der Waals surface area contributed by atoms with Crippen LogP contribution in [0.15, 0.2) is 48.4 Å². The number of fused-ring (bicyclic) bond motifs is 1. The van der Waals surface area contributed by atoms with Crippen LogP contribution in [0.1, 0.15) is 30.0 Å². The number of ether oxygens (including phenoxy) is 1. The molecule has 0 saturated heterocycles. The molecule has 0 fully saturated rings. The van der Waals surface area contributed by atoms with Crippen LogP contribution in [-0.2, 0) is 4.74 Å². The second kappa shape index (κ2) is 8.43. The van der Waals surface area contributed by atoms with Gasteiger partial charge in [0.15, 0.2) is 11.3 Å². The molecule has 8 heteroatoms. The third-order valence-electron chi connectivity index (χ3n) is 3.94. The second-order valence-electron chi connectivity index (χ2n) is 6.04. The summed E-state index contributed by atoms with van der Waals surface area (Å²) in [4.78, 5) is 17.2. The summed E-state index contributed by atoms with van der Waals surface area (Å²) < 4.78 is 21.1. The zero-order chi connectivity index (χ0) is 20.3. The van der Waals surface area contributed by atoms with Gasteiger partial charge < -0.3 is 4.74 Å². The van der Waals surface area contributed by atoms with Crippen LogP contribution in [0.5, 0.6) is 0 Å². The summed E-state index contributed by atoms with van der Waals surface area (Å²) in [5, 5.41) is 6.39. The van der Waals surface area contributed by atoms with Crippen molar-refractivity contribution >= 4 is 41.6 Å². The number of aromatic nitrogens is 3. The summed E-state index contributed by atoms with van der Waals surface area (Å²) in [5.74, 6) is -0.892. The Morgan fingerprint density at radius 3 is 2.86 bits per heavy atom. The third-order valence-corrected chi connectivity index (χ3v) is 4.85. The van der Waals surface area contributed by atoms with Gasteiger partial charge in [0.2, 0.25) is 0 Å². The first-order valence-electron chi connectivity index (χ1n) is 8.76. The molecule has 0 aliphatic rings. The van der Waals surface area contributed by atoms with Crippen LogP contribution < -0.4 is 5.46 Å². The van der Waals surface area contributed by atoms with E-state index >= 15 is 0 Å². The van der Waals surface area contributed by atoms with Gasteiger partial charge in [-0.3, -0.25) is 0 Å².